The van der Waals surface area contributed by atoms with E-state index in [4.69, 9.17) is 19.7 Å². The second-order valence-electron chi connectivity index (χ2n) is 8.65. The number of benzene rings is 1. The van der Waals surface area contributed by atoms with Crippen molar-refractivity contribution in [2.24, 2.45) is 11.8 Å². The number of esters is 2. The van der Waals surface area contributed by atoms with E-state index in [-0.39, 0.29) is 23.0 Å². The van der Waals surface area contributed by atoms with Crippen molar-refractivity contribution in [3.05, 3.63) is 35.4 Å². The van der Waals surface area contributed by atoms with Crippen LogP contribution in [0.4, 0.5) is 0 Å². The van der Waals surface area contributed by atoms with Gasteiger partial charge in [-0.2, -0.15) is 0 Å². The molecular weight excluding hydrogens is 360 g/mol. The summed E-state index contributed by atoms with van der Waals surface area (Å²) in [6, 6.07) is 6.56. The van der Waals surface area contributed by atoms with Crippen molar-refractivity contribution in [3.8, 4) is 0 Å². The number of carbonyl (C=O) groups excluding carboxylic acids is 2. The van der Waals surface area contributed by atoms with Gasteiger partial charge in [-0.3, -0.25) is 0 Å². The average Bonchev–Trinajstić information content (AvgIpc) is 2.56. The highest BCUT2D eigenvalue weighted by Crippen LogP contribution is 2.19. The van der Waals surface area contributed by atoms with E-state index in [0.29, 0.717) is 13.2 Å². The maximum atomic E-state index is 12.0. The Labute approximate surface area is 168 Å². The first-order valence-corrected chi connectivity index (χ1v) is 9.54. The summed E-state index contributed by atoms with van der Waals surface area (Å²) in [4.78, 5) is 24.0. The molecule has 0 aromatic heterocycles. The molecule has 0 fully saturated rings. The van der Waals surface area contributed by atoms with Gasteiger partial charge in [-0.25, -0.2) is 9.59 Å². The summed E-state index contributed by atoms with van der Waals surface area (Å²) in [5, 5.41) is 18.2. The van der Waals surface area contributed by atoms with Gasteiger partial charge >= 0.3 is 11.9 Å². The van der Waals surface area contributed by atoms with Gasteiger partial charge in [0.25, 0.3) is 0 Å². The van der Waals surface area contributed by atoms with E-state index in [1.54, 1.807) is 52.0 Å². The third-order valence-corrected chi connectivity index (χ3v) is 3.96. The van der Waals surface area contributed by atoms with E-state index >= 15 is 0 Å². The third-order valence-electron chi connectivity index (χ3n) is 3.96. The van der Waals surface area contributed by atoms with Crippen molar-refractivity contribution in [1.82, 2.24) is 0 Å². The number of carbonyl (C=O) groups is 2. The van der Waals surface area contributed by atoms with E-state index in [1.807, 2.05) is 27.7 Å². The molecule has 0 bridgehead atoms. The summed E-state index contributed by atoms with van der Waals surface area (Å²) in [6.07, 6.45) is 0. The van der Waals surface area contributed by atoms with E-state index in [9.17, 15) is 9.59 Å². The van der Waals surface area contributed by atoms with E-state index in [0.717, 1.165) is 0 Å². The molecule has 0 aliphatic heterocycles. The van der Waals surface area contributed by atoms with Crippen molar-refractivity contribution in [2.45, 2.75) is 66.6 Å². The molecule has 1 rings (SSSR count). The Morgan fingerprint density at radius 1 is 0.786 bits per heavy atom. The van der Waals surface area contributed by atoms with Crippen LogP contribution in [0.5, 0.6) is 0 Å². The van der Waals surface area contributed by atoms with Gasteiger partial charge in [0.05, 0.1) is 35.5 Å². The van der Waals surface area contributed by atoms with Crippen molar-refractivity contribution in [2.75, 3.05) is 13.2 Å². The van der Waals surface area contributed by atoms with Crippen LogP contribution in [-0.4, -0.2) is 46.6 Å². The number of ether oxygens (including phenoxy) is 2. The predicted octanol–water partition coefficient (Wildman–Crippen LogP) is 3.84. The molecule has 160 valence electrons. The maximum Gasteiger partial charge on any atom is 0.339 e. The molecule has 0 heterocycles. The fourth-order valence-electron chi connectivity index (χ4n) is 1.48. The fraction of sp³-hybridized carbons (Fsp3) is 0.636. The van der Waals surface area contributed by atoms with Gasteiger partial charge in [-0.05, 0) is 51.7 Å². The minimum absolute atomic E-state index is 0.249. The van der Waals surface area contributed by atoms with Crippen LogP contribution in [0.2, 0.25) is 0 Å². The monoisotopic (exact) mass is 396 g/mol. The molecule has 28 heavy (non-hydrogen) atoms. The lowest BCUT2D eigenvalue weighted by atomic mass is 9.90. The van der Waals surface area contributed by atoms with Crippen LogP contribution in [0.15, 0.2) is 24.3 Å². The van der Waals surface area contributed by atoms with Crippen molar-refractivity contribution >= 4 is 11.9 Å². The smallest absolute Gasteiger partial charge is 0.339 e. The van der Waals surface area contributed by atoms with Crippen LogP contribution in [0.25, 0.3) is 0 Å². The summed E-state index contributed by atoms with van der Waals surface area (Å²) in [5.41, 5.74) is -1.51. The molecule has 2 N–H and O–H groups in total. The molecule has 0 spiro atoms. The molecule has 0 saturated heterocycles. The molecule has 0 aliphatic carbocycles. The van der Waals surface area contributed by atoms with Gasteiger partial charge in [0.15, 0.2) is 0 Å². The Balaban J connectivity index is 0.000000769. The zero-order valence-electron chi connectivity index (χ0n) is 18.4. The molecule has 0 atom stereocenters. The van der Waals surface area contributed by atoms with Gasteiger partial charge in [0, 0.05) is 0 Å². The second-order valence-corrected chi connectivity index (χ2v) is 8.65. The molecule has 0 aliphatic rings. The van der Waals surface area contributed by atoms with Crippen LogP contribution in [0, 0.1) is 11.8 Å². The summed E-state index contributed by atoms with van der Waals surface area (Å²) in [5.74, 6) is -0.482. The molecule has 6 nitrogen and oxygen atoms in total. The van der Waals surface area contributed by atoms with Gasteiger partial charge in [0.1, 0.15) is 0 Å². The van der Waals surface area contributed by atoms with Crippen LogP contribution in [0.3, 0.4) is 0 Å². The minimum atomic E-state index is -1.01. The maximum absolute atomic E-state index is 12.0. The number of rotatable bonds is 7. The highest BCUT2D eigenvalue weighted by Gasteiger charge is 2.31. The fourth-order valence-corrected chi connectivity index (χ4v) is 1.48. The van der Waals surface area contributed by atoms with Gasteiger partial charge in [-0.15, -0.1) is 0 Å². The summed E-state index contributed by atoms with van der Waals surface area (Å²) < 4.78 is 10.3. The molecule has 6 heteroatoms. The van der Waals surface area contributed by atoms with Gasteiger partial charge in [-0.1, -0.05) is 39.8 Å². The lowest BCUT2D eigenvalue weighted by Crippen LogP contribution is -2.44. The molecule has 0 saturated carbocycles. The highest BCUT2D eigenvalue weighted by atomic mass is 16.5. The molecule has 0 unspecified atom stereocenters. The van der Waals surface area contributed by atoms with Crippen LogP contribution >= 0.6 is 0 Å². The van der Waals surface area contributed by atoms with Crippen LogP contribution in [-0.2, 0) is 9.47 Å². The minimum Gasteiger partial charge on any atom is -0.462 e. The Morgan fingerprint density at radius 3 is 1.29 bits per heavy atom. The first-order valence-electron chi connectivity index (χ1n) is 9.54. The third kappa shape index (κ3) is 9.85. The molecule has 0 amide bonds. The normalized spacial score (nSPS) is 11.7. The van der Waals surface area contributed by atoms with Gasteiger partial charge < -0.3 is 19.7 Å². The zero-order valence-corrected chi connectivity index (χ0v) is 18.4. The molecular formula is C22H36O6. The second kappa shape index (κ2) is 11.2. The van der Waals surface area contributed by atoms with E-state index in [1.165, 1.54) is 0 Å². The Morgan fingerprint density at radius 2 is 1.07 bits per heavy atom. The first kappa shape index (κ1) is 26.1. The highest BCUT2D eigenvalue weighted by molar-refractivity contribution is 6.03. The van der Waals surface area contributed by atoms with E-state index in [2.05, 4.69) is 0 Å². The molecule has 0 radical (unpaired) electrons. The summed E-state index contributed by atoms with van der Waals surface area (Å²) in [7, 11) is 0. The topological polar surface area (TPSA) is 93.1 Å². The first-order chi connectivity index (χ1) is 12.7. The van der Waals surface area contributed by atoms with Crippen molar-refractivity contribution < 1.29 is 29.3 Å². The van der Waals surface area contributed by atoms with Crippen molar-refractivity contribution in [3.63, 3.8) is 0 Å². The quantitative estimate of drug-likeness (QED) is 0.680. The summed E-state index contributed by atoms with van der Waals surface area (Å²) in [6.45, 7) is 14.8. The molecule has 1 aromatic carbocycles. The lowest BCUT2D eigenvalue weighted by Gasteiger charge is -2.31. The van der Waals surface area contributed by atoms with E-state index < -0.39 is 23.1 Å². The Hall–Kier alpha value is -1.92. The zero-order chi connectivity index (χ0) is 22.1. The Kier molecular flexibility index (Phi) is 10.4. The number of hydrogen-bond acceptors (Lipinski definition) is 6. The predicted molar refractivity (Wildman–Crippen MR) is 109 cm³/mol. The standard InChI is InChI=1S/C16H22O4.C6H14O2/c1-11(2)9-19-15(17)13-7-5-6-8-14(13)16(18)20-10-12(3)4;1-5(2,7)6(3,4)8/h5-8,11-12H,9-10H2,1-4H3;7-8H,1-4H3. The van der Waals surface area contributed by atoms with Crippen LogP contribution in [0.1, 0.15) is 76.1 Å². The number of hydrogen-bond donors (Lipinski definition) is 2. The van der Waals surface area contributed by atoms with Crippen molar-refractivity contribution in [1.29, 1.82) is 0 Å². The SMILES string of the molecule is CC(C)(O)C(C)(C)O.CC(C)COC(=O)c1ccccc1C(=O)OCC(C)C. The Bertz CT molecular complexity index is 566. The average molecular weight is 397 g/mol. The lowest BCUT2D eigenvalue weighted by molar-refractivity contribution is -0.107. The number of aliphatic hydroxyl groups is 2. The van der Waals surface area contributed by atoms with Gasteiger partial charge in [0.2, 0.25) is 0 Å². The molecule has 1 aromatic rings. The van der Waals surface area contributed by atoms with Crippen LogP contribution < -0.4 is 0 Å². The largest absolute Gasteiger partial charge is 0.462 e. The summed E-state index contributed by atoms with van der Waals surface area (Å²) >= 11 is 0.